The fourth-order valence-electron chi connectivity index (χ4n) is 4.13. The maximum Gasteiger partial charge on any atom is 0.219 e. The first-order valence-corrected chi connectivity index (χ1v) is 10.6. The highest BCUT2D eigenvalue weighted by molar-refractivity contribution is 5.80. The molecule has 2 aliphatic rings. The minimum Gasteiger partial charge on any atom is -0.497 e. The SMILES string of the molecule is CCNC(=NCC1(c2ccc(OC)cc2)CCOCC1)N1CCN(C(C)=O)CC1. The van der Waals surface area contributed by atoms with Gasteiger partial charge in [-0.25, -0.2) is 0 Å². The number of rotatable bonds is 5. The van der Waals surface area contributed by atoms with Crippen LogP contribution in [-0.4, -0.2) is 81.3 Å². The molecule has 2 saturated heterocycles. The standard InChI is InChI=1S/C22H34N4O3/c1-4-23-21(26-13-11-25(12-14-26)18(2)27)24-17-22(9-15-29-16-10-22)19-5-7-20(28-3)8-6-19/h5-8H,4,9-17H2,1-3H3,(H,23,24). The van der Waals surface area contributed by atoms with E-state index in [-0.39, 0.29) is 11.3 Å². The molecule has 0 spiro atoms. The molecule has 2 fully saturated rings. The van der Waals surface area contributed by atoms with E-state index in [1.54, 1.807) is 14.0 Å². The van der Waals surface area contributed by atoms with Crippen molar-refractivity contribution in [2.45, 2.75) is 32.1 Å². The lowest BCUT2D eigenvalue weighted by atomic mass is 9.74. The van der Waals surface area contributed by atoms with Gasteiger partial charge in [-0.3, -0.25) is 9.79 Å². The minimum atomic E-state index is -0.0214. The van der Waals surface area contributed by atoms with Crippen LogP contribution in [0.25, 0.3) is 0 Å². The summed E-state index contributed by atoms with van der Waals surface area (Å²) in [6, 6.07) is 8.39. The van der Waals surface area contributed by atoms with Crippen molar-refractivity contribution in [3.05, 3.63) is 29.8 Å². The molecule has 0 saturated carbocycles. The van der Waals surface area contributed by atoms with E-state index in [1.165, 1.54) is 5.56 Å². The van der Waals surface area contributed by atoms with E-state index in [2.05, 4.69) is 29.3 Å². The fraction of sp³-hybridized carbons (Fsp3) is 0.636. The molecule has 160 valence electrons. The van der Waals surface area contributed by atoms with Gasteiger partial charge in [0.25, 0.3) is 0 Å². The monoisotopic (exact) mass is 402 g/mol. The number of hydrogen-bond acceptors (Lipinski definition) is 4. The highest BCUT2D eigenvalue weighted by atomic mass is 16.5. The van der Waals surface area contributed by atoms with Crippen LogP contribution in [0.5, 0.6) is 5.75 Å². The Bertz CT molecular complexity index is 691. The van der Waals surface area contributed by atoms with Crippen LogP contribution < -0.4 is 10.1 Å². The van der Waals surface area contributed by atoms with Crippen LogP contribution in [0, 0.1) is 0 Å². The summed E-state index contributed by atoms with van der Waals surface area (Å²) in [6.07, 6.45) is 1.92. The lowest BCUT2D eigenvalue weighted by molar-refractivity contribution is -0.130. The average molecular weight is 403 g/mol. The number of piperazine rings is 1. The summed E-state index contributed by atoms with van der Waals surface area (Å²) in [5, 5.41) is 3.44. The number of aliphatic imine (C=N–C) groups is 1. The van der Waals surface area contributed by atoms with Gasteiger partial charge in [0.2, 0.25) is 5.91 Å². The van der Waals surface area contributed by atoms with Gasteiger partial charge < -0.3 is 24.6 Å². The lowest BCUT2D eigenvalue weighted by Crippen LogP contribution is -2.53. The second-order valence-corrected chi connectivity index (χ2v) is 7.78. The predicted octanol–water partition coefficient (Wildman–Crippen LogP) is 1.87. The number of amides is 1. The van der Waals surface area contributed by atoms with E-state index >= 15 is 0 Å². The normalized spacial score (nSPS) is 19.8. The molecular weight excluding hydrogens is 368 g/mol. The summed E-state index contributed by atoms with van der Waals surface area (Å²) in [6.45, 7) is 9.91. The number of hydrogen-bond donors (Lipinski definition) is 1. The molecule has 1 aromatic rings. The van der Waals surface area contributed by atoms with Crippen LogP contribution in [0.2, 0.25) is 0 Å². The Morgan fingerprint density at radius 3 is 2.31 bits per heavy atom. The summed E-state index contributed by atoms with van der Waals surface area (Å²) in [7, 11) is 1.69. The number of nitrogens with zero attached hydrogens (tertiary/aromatic N) is 3. The second-order valence-electron chi connectivity index (χ2n) is 7.78. The number of carbonyl (C=O) groups is 1. The second kappa shape index (κ2) is 9.96. The molecule has 2 aliphatic heterocycles. The molecule has 1 amide bonds. The zero-order valence-corrected chi connectivity index (χ0v) is 17.9. The van der Waals surface area contributed by atoms with Crippen LogP contribution in [-0.2, 0) is 14.9 Å². The first-order valence-electron chi connectivity index (χ1n) is 10.6. The first-order chi connectivity index (χ1) is 14.1. The molecular formula is C22H34N4O3. The van der Waals surface area contributed by atoms with Crippen molar-refractivity contribution >= 4 is 11.9 Å². The molecule has 0 radical (unpaired) electrons. The number of ether oxygens (including phenoxy) is 2. The van der Waals surface area contributed by atoms with E-state index in [1.807, 2.05) is 17.0 Å². The van der Waals surface area contributed by atoms with Crippen LogP contribution in [0.15, 0.2) is 29.3 Å². The Morgan fingerprint density at radius 1 is 1.14 bits per heavy atom. The Hall–Kier alpha value is -2.28. The summed E-state index contributed by atoms with van der Waals surface area (Å²) >= 11 is 0. The summed E-state index contributed by atoms with van der Waals surface area (Å²) < 4.78 is 11.0. The summed E-state index contributed by atoms with van der Waals surface area (Å²) in [5.74, 6) is 1.96. The Morgan fingerprint density at radius 2 is 1.76 bits per heavy atom. The van der Waals surface area contributed by atoms with Gasteiger partial charge in [-0.2, -0.15) is 0 Å². The Labute approximate surface area is 174 Å². The lowest BCUT2D eigenvalue weighted by Gasteiger charge is -2.39. The maximum absolute atomic E-state index is 11.6. The van der Waals surface area contributed by atoms with Crippen molar-refractivity contribution in [1.82, 2.24) is 15.1 Å². The van der Waals surface area contributed by atoms with Crippen LogP contribution in [0.4, 0.5) is 0 Å². The van der Waals surface area contributed by atoms with Crippen LogP contribution in [0.3, 0.4) is 0 Å². The number of methoxy groups -OCH3 is 1. The van der Waals surface area contributed by atoms with Gasteiger partial charge in [0.05, 0.1) is 13.7 Å². The molecule has 0 aromatic heterocycles. The predicted molar refractivity (Wildman–Crippen MR) is 115 cm³/mol. The molecule has 29 heavy (non-hydrogen) atoms. The van der Waals surface area contributed by atoms with E-state index < -0.39 is 0 Å². The molecule has 3 rings (SSSR count). The minimum absolute atomic E-state index is 0.0214. The van der Waals surface area contributed by atoms with Gasteiger partial charge in [0.15, 0.2) is 5.96 Å². The van der Waals surface area contributed by atoms with Crippen molar-refractivity contribution in [2.75, 3.05) is 59.6 Å². The maximum atomic E-state index is 11.6. The molecule has 2 heterocycles. The largest absolute Gasteiger partial charge is 0.497 e. The van der Waals surface area contributed by atoms with Gasteiger partial charge in [-0.05, 0) is 37.5 Å². The third-order valence-corrected chi connectivity index (χ3v) is 6.04. The van der Waals surface area contributed by atoms with Crippen LogP contribution >= 0.6 is 0 Å². The van der Waals surface area contributed by atoms with Crippen molar-refractivity contribution in [1.29, 1.82) is 0 Å². The van der Waals surface area contributed by atoms with E-state index in [0.29, 0.717) is 0 Å². The smallest absolute Gasteiger partial charge is 0.219 e. The van der Waals surface area contributed by atoms with Gasteiger partial charge in [0.1, 0.15) is 5.75 Å². The zero-order chi connectivity index (χ0) is 20.7. The molecule has 0 aliphatic carbocycles. The molecule has 0 atom stereocenters. The van der Waals surface area contributed by atoms with E-state index in [4.69, 9.17) is 14.5 Å². The Kier molecular flexibility index (Phi) is 7.36. The zero-order valence-electron chi connectivity index (χ0n) is 17.9. The first kappa shape index (κ1) is 21.4. The number of guanidine groups is 1. The summed E-state index contributed by atoms with van der Waals surface area (Å²) in [5.41, 5.74) is 1.27. The van der Waals surface area contributed by atoms with E-state index in [9.17, 15) is 4.79 Å². The third-order valence-electron chi connectivity index (χ3n) is 6.04. The van der Waals surface area contributed by atoms with Crippen molar-refractivity contribution in [3.63, 3.8) is 0 Å². The number of carbonyl (C=O) groups excluding carboxylic acids is 1. The molecule has 1 aromatic carbocycles. The van der Waals surface area contributed by atoms with Gasteiger partial charge >= 0.3 is 0 Å². The highest BCUT2D eigenvalue weighted by Crippen LogP contribution is 2.36. The fourth-order valence-corrected chi connectivity index (χ4v) is 4.13. The molecule has 7 nitrogen and oxygen atoms in total. The number of benzene rings is 1. The van der Waals surface area contributed by atoms with Gasteiger partial charge in [-0.1, -0.05) is 12.1 Å². The van der Waals surface area contributed by atoms with Crippen molar-refractivity contribution in [2.24, 2.45) is 4.99 Å². The van der Waals surface area contributed by atoms with Crippen molar-refractivity contribution < 1.29 is 14.3 Å². The topological polar surface area (TPSA) is 66.4 Å². The van der Waals surface area contributed by atoms with E-state index in [0.717, 1.165) is 77.0 Å². The van der Waals surface area contributed by atoms with Gasteiger partial charge in [-0.15, -0.1) is 0 Å². The van der Waals surface area contributed by atoms with Crippen LogP contribution in [0.1, 0.15) is 32.3 Å². The van der Waals surface area contributed by atoms with Crippen molar-refractivity contribution in [3.8, 4) is 5.75 Å². The molecule has 1 N–H and O–H groups in total. The average Bonchev–Trinajstić information content (AvgIpc) is 2.77. The quantitative estimate of drug-likeness (QED) is 0.602. The Balaban J connectivity index is 1.77. The highest BCUT2D eigenvalue weighted by Gasteiger charge is 2.35. The molecule has 7 heteroatoms. The summed E-state index contributed by atoms with van der Waals surface area (Å²) in [4.78, 5) is 20.8. The number of nitrogens with one attached hydrogen (secondary N) is 1. The third kappa shape index (κ3) is 5.21. The van der Waals surface area contributed by atoms with Gasteiger partial charge in [0, 0.05) is 58.3 Å². The molecule has 0 bridgehead atoms. The molecule has 0 unspecified atom stereocenters.